The van der Waals surface area contributed by atoms with Crippen LogP contribution < -0.4 is 15.4 Å². The van der Waals surface area contributed by atoms with Gasteiger partial charge in [-0.25, -0.2) is 4.98 Å². The SMILES string of the molecule is COc1cccnc1N(C)c1cccc(C(=N)N)c1. The fourth-order valence-corrected chi connectivity index (χ4v) is 1.80. The van der Waals surface area contributed by atoms with Crippen molar-refractivity contribution in [1.82, 2.24) is 4.98 Å². The zero-order chi connectivity index (χ0) is 13.8. The van der Waals surface area contributed by atoms with Crippen molar-refractivity contribution in [2.75, 3.05) is 19.1 Å². The number of aromatic nitrogens is 1. The molecule has 0 bridgehead atoms. The Morgan fingerprint density at radius 3 is 2.79 bits per heavy atom. The maximum atomic E-state index is 7.47. The number of nitrogen functional groups attached to an aromatic ring is 1. The highest BCUT2D eigenvalue weighted by atomic mass is 16.5. The van der Waals surface area contributed by atoms with Crippen LogP contribution in [0.15, 0.2) is 42.6 Å². The number of nitrogens with zero attached hydrogens (tertiary/aromatic N) is 2. The third kappa shape index (κ3) is 2.65. The largest absolute Gasteiger partial charge is 0.493 e. The molecule has 0 amide bonds. The lowest BCUT2D eigenvalue weighted by atomic mass is 10.1. The zero-order valence-corrected chi connectivity index (χ0v) is 10.9. The highest BCUT2D eigenvalue weighted by Crippen LogP contribution is 2.30. The van der Waals surface area contributed by atoms with E-state index in [1.807, 2.05) is 42.3 Å². The van der Waals surface area contributed by atoms with Gasteiger partial charge < -0.3 is 15.4 Å². The molecule has 98 valence electrons. The first-order valence-corrected chi connectivity index (χ1v) is 5.80. The molecule has 3 N–H and O–H groups in total. The van der Waals surface area contributed by atoms with Crippen molar-refractivity contribution in [3.8, 4) is 5.75 Å². The number of rotatable bonds is 4. The molecule has 1 aromatic carbocycles. The Hall–Kier alpha value is -2.56. The summed E-state index contributed by atoms with van der Waals surface area (Å²) in [6.45, 7) is 0. The number of nitrogens with one attached hydrogen (secondary N) is 1. The minimum Gasteiger partial charge on any atom is -0.493 e. The molecule has 0 aliphatic rings. The molecule has 0 aliphatic heterocycles. The molecule has 0 saturated carbocycles. The number of methoxy groups -OCH3 is 1. The van der Waals surface area contributed by atoms with Crippen molar-refractivity contribution in [1.29, 1.82) is 5.41 Å². The van der Waals surface area contributed by atoms with Crippen molar-refractivity contribution in [3.05, 3.63) is 48.2 Å². The molecule has 5 heteroatoms. The number of hydrogen-bond acceptors (Lipinski definition) is 4. The first kappa shape index (κ1) is 12.9. The van der Waals surface area contributed by atoms with E-state index in [-0.39, 0.29) is 5.84 Å². The number of ether oxygens (including phenoxy) is 1. The molecule has 5 nitrogen and oxygen atoms in total. The number of pyridine rings is 1. The van der Waals surface area contributed by atoms with E-state index in [0.717, 1.165) is 5.69 Å². The molecule has 0 fully saturated rings. The minimum atomic E-state index is 0.0447. The second kappa shape index (κ2) is 5.39. The van der Waals surface area contributed by atoms with E-state index in [4.69, 9.17) is 15.9 Å². The van der Waals surface area contributed by atoms with Crippen LogP contribution in [-0.4, -0.2) is 25.0 Å². The second-order valence-corrected chi connectivity index (χ2v) is 4.05. The summed E-state index contributed by atoms with van der Waals surface area (Å²) in [4.78, 5) is 6.21. The normalized spacial score (nSPS) is 10.0. The van der Waals surface area contributed by atoms with Gasteiger partial charge in [0.05, 0.1) is 7.11 Å². The Balaban J connectivity index is 2.41. The molecule has 0 unspecified atom stereocenters. The van der Waals surface area contributed by atoms with E-state index in [2.05, 4.69) is 4.98 Å². The number of benzene rings is 1. The van der Waals surface area contributed by atoms with Gasteiger partial charge in [0.15, 0.2) is 11.6 Å². The maximum absolute atomic E-state index is 7.47. The molecule has 2 aromatic rings. The third-order valence-corrected chi connectivity index (χ3v) is 2.83. The number of hydrogen-bond donors (Lipinski definition) is 2. The fraction of sp³-hybridized carbons (Fsp3) is 0.143. The Morgan fingerprint density at radius 1 is 1.32 bits per heavy atom. The van der Waals surface area contributed by atoms with Crippen LogP contribution in [0.1, 0.15) is 5.56 Å². The maximum Gasteiger partial charge on any atom is 0.175 e. The first-order valence-electron chi connectivity index (χ1n) is 5.80. The molecule has 0 spiro atoms. The van der Waals surface area contributed by atoms with Crippen LogP contribution in [0.25, 0.3) is 0 Å². The smallest absolute Gasteiger partial charge is 0.175 e. The Kier molecular flexibility index (Phi) is 3.66. The summed E-state index contributed by atoms with van der Waals surface area (Å²) in [6.07, 6.45) is 1.71. The summed E-state index contributed by atoms with van der Waals surface area (Å²) in [5.74, 6) is 1.45. The average molecular weight is 256 g/mol. The Bertz CT molecular complexity index is 598. The summed E-state index contributed by atoms with van der Waals surface area (Å²) < 4.78 is 5.29. The van der Waals surface area contributed by atoms with Crippen molar-refractivity contribution < 1.29 is 4.74 Å². The van der Waals surface area contributed by atoms with Gasteiger partial charge in [0.25, 0.3) is 0 Å². The fourth-order valence-electron chi connectivity index (χ4n) is 1.80. The van der Waals surface area contributed by atoms with Gasteiger partial charge in [-0.05, 0) is 24.3 Å². The van der Waals surface area contributed by atoms with E-state index < -0.39 is 0 Å². The first-order chi connectivity index (χ1) is 9.13. The number of anilines is 2. The van der Waals surface area contributed by atoms with Crippen molar-refractivity contribution in [2.45, 2.75) is 0 Å². The van der Waals surface area contributed by atoms with Crippen molar-refractivity contribution in [2.24, 2.45) is 5.73 Å². The average Bonchev–Trinajstić information content (AvgIpc) is 2.46. The van der Waals surface area contributed by atoms with Gasteiger partial charge in [0, 0.05) is 24.5 Å². The van der Waals surface area contributed by atoms with Crippen LogP contribution in [0.5, 0.6) is 5.75 Å². The van der Waals surface area contributed by atoms with Crippen molar-refractivity contribution >= 4 is 17.3 Å². The lowest BCUT2D eigenvalue weighted by molar-refractivity contribution is 0.414. The number of amidine groups is 1. The highest BCUT2D eigenvalue weighted by Gasteiger charge is 2.11. The van der Waals surface area contributed by atoms with E-state index in [9.17, 15) is 0 Å². The third-order valence-electron chi connectivity index (χ3n) is 2.83. The van der Waals surface area contributed by atoms with E-state index in [0.29, 0.717) is 17.1 Å². The van der Waals surface area contributed by atoms with Gasteiger partial charge in [0.1, 0.15) is 5.84 Å². The summed E-state index contributed by atoms with van der Waals surface area (Å²) in [7, 11) is 3.50. The zero-order valence-electron chi connectivity index (χ0n) is 10.9. The summed E-state index contributed by atoms with van der Waals surface area (Å²) in [5, 5.41) is 7.47. The molecule has 0 atom stereocenters. The van der Waals surface area contributed by atoms with E-state index >= 15 is 0 Å². The molecule has 2 rings (SSSR count). The summed E-state index contributed by atoms with van der Waals surface area (Å²) >= 11 is 0. The van der Waals surface area contributed by atoms with Crippen LogP contribution in [0, 0.1) is 5.41 Å². The van der Waals surface area contributed by atoms with Gasteiger partial charge in [-0.1, -0.05) is 12.1 Å². The van der Waals surface area contributed by atoms with Crippen molar-refractivity contribution in [3.63, 3.8) is 0 Å². The summed E-state index contributed by atoms with van der Waals surface area (Å²) in [5.41, 5.74) is 7.08. The van der Waals surface area contributed by atoms with Gasteiger partial charge >= 0.3 is 0 Å². The molecule has 1 heterocycles. The van der Waals surface area contributed by atoms with Crippen LogP contribution in [-0.2, 0) is 0 Å². The quantitative estimate of drug-likeness (QED) is 0.649. The van der Waals surface area contributed by atoms with Gasteiger partial charge in [0.2, 0.25) is 0 Å². The van der Waals surface area contributed by atoms with E-state index in [1.54, 1.807) is 19.4 Å². The lowest BCUT2D eigenvalue weighted by Crippen LogP contribution is -2.15. The van der Waals surface area contributed by atoms with Gasteiger partial charge in [-0.3, -0.25) is 5.41 Å². The topological polar surface area (TPSA) is 75.2 Å². The number of nitrogens with two attached hydrogens (primary N) is 1. The molecule has 19 heavy (non-hydrogen) atoms. The lowest BCUT2D eigenvalue weighted by Gasteiger charge is -2.20. The Labute approximate surface area is 112 Å². The Morgan fingerprint density at radius 2 is 2.11 bits per heavy atom. The van der Waals surface area contributed by atoms with E-state index in [1.165, 1.54) is 0 Å². The molecule has 0 radical (unpaired) electrons. The van der Waals surface area contributed by atoms with Crippen LogP contribution in [0.3, 0.4) is 0 Å². The summed E-state index contributed by atoms with van der Waals surface area (Å²) in [6, 6.07) is 11.1. The second-order valence-electron chi connectivity index (χ2n) is 4.05. The molecule has 1 aromatic heterocycles. The minimum absolute atomic E-state index is 0.0447. The van der Waals surface area contributed by atoms with Gasteiger partial charge in [-0.15, -0.1) is 0 Å². The molecular weight excluding hydrogens is 240 g/mol. The predicted molar refractivity (Wildman–Crippen MR) is 76.3 cm³/mol. The molecule has 0 saturated heterocycles. The highest BCUT2D eigenvalue weighted by molar-refractivity contribution is 5.96. The predicted octanol–water partition coefficient (Wildman–Crippen LogP) is 2.14. The van der Waals surface area contributed by atoms with Crippen LogP contribution in [0.2, 0.25) is 0 Å². The standard InChI is InChI=1S/C14H16N4O/c1-18(14-12(19-2)7-4-8-17-14)11-6-3-5-10(9-11)13(15)16/h3-9H,1-2H3,(H3,15,16). The molecular formula is C14H16N4O. The molecule has 0 aliphatic carbocycles. The van der Waals surface area contributed by atoms with Crippen LogP contribution >= 0.6 is 0 Å². The van der Waals surface area contributed by atoms with Crippen LogP contribution in [0.4, 0.5) is 11.5 Å². The van der Waals surface area contributed by atoms with Gasteiger partial charge in [-0.2, -0.15) is 0 Å². The monoisotopic (exact) mass is 256 g/mol.